The van der Waals surface area contributed by atoms with Crippen molar-refractivity contribution < 1.29 is 18.1 Å². The monoisotopic (exact) mass is 411 g/mol. The predicted octanol–water partition coefficient (Wildman–Crippen LogP) is 2.81. The molecule has 1 atom stereocenters. The van der Waals surface area contributed by atoms with Crippen LogP contribution in [-0.4, -0.2) is 39.6 Å². The topological polar surface area (TPSA) is 102 Å². The van der Waals surface area contributed by atoms with Crippen LogP contribution in [0.25, 0.3) is 0 Å². The van der Waals surface area contributed by atoms with Gasteiger partial charge < -0.3 is 9.64 Å². The van der Waals surface area contributed by atoms with Gasteiger partial charge in [0.05, 0.1) is 16.4 Å². The van der Waals surface area contributed by atoms with Crippen molar-refractivity contribution in [2.75, 3.05) is 25.0 Å². The molecule has 27 heavy (non-hydrogen) atoms. The number of rotatable bonds is 6. The number of hydrogen-bond acceptors (Lipinski definition) is 6. The maximum absolute atomic E-state index is 11.9. The molecule has 10 heteroatoms. The highest BCUT2D eigenvalue weighted by Gasteiger charge is 2.30. The number of nitro benzene ring substituents is 1. The SMILES string of the molecule is CNS(=O)(=O)c1ccc(N2CCC(Oc3cccc(Cl)c3)C2)c([N+](=O)[O-])c1. The fraction of sp³-hybridized carbons (Fsp3) is 0.294. The fourth-order valence-corrected chi connectivity index (χ4v) is 3.91. The molecule has 1 aliphatic heterocycles. The summed E-state index contributed by atoms with van der Waals surface area (Å²) in [7, 11) is -2.50. The van der Waals surface area contributed by atoms with E-state index in [0.29, 0.717) is 36.0 Å². The van der Waals surface area contributed by atoms with Crippen LogP contribution in [0.1, 0.15) is 6.42 Å². The molecule has 1 saturated heterocycles. The molecule has 0 radical (unpaired) electrons. The zero-order valence-corrected chi connectivity index (χ0v) is 16.0. The Labute approximate surface area is 161 Å². The number of benzene rings is 2. The molecule has 0 saturated carbocycles. The van der Waals surface area contributed by atoms with Crippen LogP contribution < -0.4 is 14.4 Å². The first-order chi connectivity index (χ1) is 12.8. The van der Waals surface area contributed by atoms with Gasteiger partial charge in [-0.3, -0.25) is 10.1 Å². The van der Waals surface area contributed by atoms with E-state index in [1.54, 1.807) is 24.3 Å². The molecule has 0 amide bonds. The Morgan fingerprint density at radius 1 is 1.30 bits per heavy atom. The third-order valence-electron chi connectivity index (χ3n) is 4.31. The Bertz CT molecular complexity index is 967. The van der Waals surface area contributed by atoms with Gasteiger partial charge in [0.25, 0.3) is 5.69 Å². The molecular formula is C17H18ClN3O5S. The van der Waals surface area contributed by atoms with Crippen molar-refractivity contribution in [2.45, 2.75) is 17.4 Å². The molecule has 1 N–H and O–H groups in total. The van der Waals surface area contributed by atoms with Gasteiger partial charge in [0.15, 0.2) is 0 Å². The summed E-state index contributed by atoms with van der Waals surface area (Å²) < 4.78 is 31.9. The van der Waals surface area contributed by atoms with Crippen LogP contribution in [0.15, 0.2) is 47.4 Å². The second kappa shape index (κ2) is 7.71. The van der Waals surface area contributed by atoms with Crippen molar-refractivity contribution in [2.24, 2.45) is 0 Å². The predicted molar refractivity (Wildman–Crippen MR) is 102 cm³/mol. The van der Waals surface area contributed by atoms with Crippen LogP contribution in [0.2, 0.25) is 5.02 Å². The lowest BCUT2D eigenvalue weighted by Crippen LogP contribution is -2.25. The lowest BCUT2D eigenvalue weighted by Gasteiger charge is -2.19. The molecule has 2 aromatic rings. The summed E-state index contributed by atoms with van der Waals surface area (Å²) in [6.07, 6.45) is 0.532. The molecule has 2 aromatic carbocycles. The lowest BCUT2D eigenvalue weighted by atomic mass is 10.2. The van der Waals surface area contributed by atoms with Crippen molar-refractivity contribution in [1.29, 1.82) is 0 Å². The number of halogens is 1. The second-order valence-electron chi connectivity index (χ2n) is 6.05. The van der Waals surface area contributed by atoms with Crippen molar-refractivity contribution in [3.05, 3.63) is 57.6 Å². The first-order valence-corrected chi connectivity index (χ1v) is 10.1. The maximum Gasteiger partial charge on any atom is 0.293 e. The van der Waals surface area contributed by atoms with Crippen LogP contribution >= 0.6 is 11.6 Å². The van der Waals surface area contributed by atoms with Gasteiger partial charge in [0.1, 0.15) is 17.5 Å². The molecule has 3 rings (SSSR count). The molecule has 144 valence electrons. The smallest absolute Gasteiger partial charge is 0.293 e. The normalized spacial score (nSPS) is 17.1. The average molecular weight is 412 g/mol. The van der Waals surface area contributed by atoms with E-state index >= 15 is 0 Å². The Hall–Kier alpha value is -2.36. The number of hydrogen-bond donors (Lipinski definition) is 1. The summed E-state index contributed by atoms with van der Waals surface area (Å²) in [5, 5.41) is 12.0. The Morgan fingerprint density at radius 3 is 2.74 bits per heavy atom. The zero-order chi connectivity index (χ0) is 19.6. The van der Waals surface area contributed by atoms with Crippen LogP contribution in [0.5, 0.6) is 5.75 Å². The minimum absolute atomic E-state index is 0.147. The van der Waals surface area contributed by atoms with Gasteiger partial charge in [-0.1, -0.05) is 17.7 Å². The number of sulfonamides is 1. The largest absolute Gasteiger partial charge is 0.488 e. The second-order valence-corrected chi connectivity index (χ2v) is 8.37. The molecule has 1 fully saturated rings. The third kappa shape index (κ3) is 4.32. The summed E-state index contributed by atoms with van der Waals surface area (Å²) in [5.41, 5.74) is 0.113. The number of anilines is 1. The van der Waals surface area contributed by atoms with Gasteiger partial charge >= 0.3 is 0 Å². The molecular weight excluding hydrogens is 394 g/mol. The Morgan fingerprint density at radius 2 is 2.07 bits per heavy atom. The van der Waals surface area contributed by atoms with Gasteiger partial charge in [-0.2, -0.15) is 0 Å². The van der Waals surface area contributed by atoms with Crippen LogP contribution in [-0.2, 0) is 10.0 Å². The molecule has 0 bridgehead atoms. The van der Waals surface area contributed by atoms with E-state index in [1.807, 2.05) is 4.90 Å². The summed E-state index contributed by atoms with van der Waals surface area (Å²) in [5.74, 6) is 0.638. The minimum Gasteiger partial charge on any atom is -0.488 e. The number of ether oxygens (including phenoxy) is 1. The highest BCUT2D eigenvalue weighted by atomic mass is 35.5. The van der Waals surface area contributed by atoms with Crippen LogP contribution in [0.4, 0.5) is 11.4 Å². The Balaban J connectivity index is 1.81. The highest BCUT2D eigenvalue weighted by molar-refractivity contribution is 7.89. The quantitative estimate of drug-likeness (QED) is 0.579. The van der Waals surface area contributed by atoms with Crippen LogP contribution in [0.3, 0.4) is 0 Å². The summed E-state index contributed by atoms with van der Waals surface area (Å²) in [4.78, 5) is 12.6. The molecule has 0 spiro atoms. The number of nitrogens with zero attached hydrogens (tertiary/aromatic N) is 2. The van der Waals surface area contributed by atoms with E-state index in [-0.39, 0.29) is 16.7 Å². The van der Waals surface area contributed by atoms with Gasteiger partial charge in [-0.25, -0.2) is 13.1 Å². The van der Waals surface area contributed by atoms with Crippen LogP contribution in [0, 0.1) is 10.1 Å². The maximum atomic E-state index is 11.9. The average Bonchev–Trinajstić information content (AvgIpc) is 3.09. The number of nitrogens with one attached hydrogen (secondary N) is 1. The molecule has 1 heterocycles. The standard InChI is InChI=1S/C17H18ClN3O5S/c1-19-27(24,25)15-5-6-16(17(10-15)21(22)23)20-8-7-14(11-20)26-13-4-2-3-12(18)9-13/h2-6,9-10,14,19H,7-8,11H2,1H3. The number of nitro groups is 1. The Kier molecular flexibility index (Phi) is 5.54. The summed E-state index contributed by atoms with van der Waals surface area (Å²) in [6, 6.07) is 10.9. The van der Waals surface area contributed by atoms with Gasteiger partial charge in [0.2, 0.25) is 10.0 Å². The zero-order valence-electron chi connectivity index (χ0n) is 14.5. The molecule has 1 aliphatic rings. The van der Waals surface area contributed by atoms with E-state index in [0.717, 1.165) is 6.07 Å². The van der Waals surface area contributed by atoms with Crippen molar-refractivity contribution in [3.63, 3.8) is 0 Å². The third-order valence-corrected chi connectivity index (χ3v) is 5.95. The fourth-order valence-electron chi connectivity index (χ4n) is 2.98. The molecule has 1 unspecified atom stereocenters. The first-order valence-electron chi connectivity index (χ1n) is 8.19. The van der Waals surface area contributed by atoms with Gasteiger partial charge in [-0.15, -0.1) is 0 Å². The van der Waals surface area contributed by atoms with E-state index in [1.165, 1.54) is 19.2 Å². The van der Waals surface area contributed by atoms with E-state index in [4.69, 9.17) is 16.3 Å². The summed E-state index contributed by atoms with van der Waals surface area (Å²) >= 11 is 5.95. The van der Waals surface area contributed by atoms with E-state index in [9.17, 15) is 18.5 Å². The van der Waals surface area contributed by atoms with E-state index in [2.05, 4.69) is 4.72 Å². The van der Waals surface area contributed by atoms with Gasteiger partial charge in [0, 0.05) is 24.1 Å². The summed E-state index contributed by atoms with van der Waals surface area (Å²) in [6.45, 7) is 1.01. The lowest BCUT2D eigenvalue weighted by molar-refractivity contribution is -0.384. The molecule has 0 aromatic heterocycles. The van der Waals surface area contributed by atoms with Crippen molar-refractivity contribution in [1.82, 2.24) is 4.72 Å². The molecule has 8 nitrogen and oxygen atoms in total. The van der Waals surface area contributed by atoms with Crippen molar-refractivity contribution >= 4 is 33.0 Å². The van der Waals surface area contributed by atoms with Crippen molar-refractivity contribution in [3.8, 4) is 5.75 Å². The van der Waals surface area contributed by atoms with Gasteiger partial charge in [-0.05, 0) is 37.4 Å². The highest BCUT2D eigenvalue weighted by Crippen LogP contribution is 2.33. The molecule has 0 aliphatic carbocycles. The van der Waals surface area contributed by atoms with E-state index < -0.39 is 14.9 Å². The first kappa shape index (κ1) is 19.4. The minimum atomic E-state index is -3.76.